The lowest BCUT2D eigenvalue weighted by Crippen LogP contribution is -2.35. The summed E-state index contributed by atoms with van der Waals surface area (Å²) in [4.78, 5) is 10.4. The van der Waals surface area contributed by atoms with Gasteiger partial charge in [-0.05, 0) is 31.4 Å². The van der Waals surface area contributed by atoms with Crippen LogP contribution in [-0.2, 0) is 10.0 Å². The Labute approximate surface area is 130 Å². The molecule has 0 aromatic heterocycles. The third-order valence-corrected chi connectivity index (χ3v) is 6.02. The van der Waals surface area contributed by atoms with E-state index in [1.807, 2.05) is 6.92 Å². The third-order valence-electron chi connectivity index (χ3n) is 3.62. The monoisotopic (exact) mass is 379 g/mol. The van der Waals surface area contributed by atoms with Crippen molar-refractivity contribution in [2.24, 2.45) is 0 Å². The Hall–Kier alpha value is -0.990. The Morgan fingerprint density at radius 3 is 2.76 bits per heavy atom. The first-order chi connectivity index (χ1) is 9.78. The second-order valence-electron chi connectivity index (χ2n) is 4.89. The molecular formula is C13H15BrFNO4S. The summed E-state index contributed by atoms with van der Waals surface area (Å²) in [6.07, 6.45) is 2.09. The van der Waals surface area contributed by atoms with Gasteiger partial charge in [-0.25, -0.2) is 17.6 Å². The van der Waals surface area contributed by atoms with Crippen LogP contribution in [0.15, 0.2) is 21.5 Å². The van der Waals surface area contributed by atoms with Crippen LogP contribution in [0.3, 0.4) is 0 Å². The number of sulfonamides is 1. The number of hydrogen-bond acceptors (Lipinski definition) is 3. The van der Waals surface area contributed by atoms with Gasteiger partial charge in [-0.1, -0.05) is 22.9 Å². The van der Waals surface area contributed by atoms with Gasteiger partial charge < -0.3 is 5.11 Å². The minimum absolute atomic E-state index is 0.165. The molecule has 0 spiro atoms. The van der Waals surface area contributed by atoms with Crippen molar-refractivity contribution < 1.29 is 22.7 Å². The molecule has 0 amide bonds. The minimum Gasteiger partial charge on any atom is -0.478 e. The first-order valence-electron chi connectivity index (χ1n) is 6.53. The van der Waals surface area contributed by atoms with Gasteiger partial charge in [-0.3, -0.25) is 0 Å². The number of rotatable bonds is 4. The number of nitrogens with zero attached hydrogens (tertiary/aromatic N) is 1. The number of carboxylic acids is 1. The van der Waals surface area contributed by atoms with E-state index in [-0.39, 0.29) is 10.5 Å². The molecule has 5 nitrogen and oxygen atoms in total. The van der Waals surface area contributed by atoms with Gasteiger partial charge in [-0.2, -0.15) is 4.31 Å². The Balaban J connectivity index is 2.57. The number of carbonyl (C=O) groups is 1. The summed E-state index contributed by atoms with van der Waals surface area (Å²) in [5, 5.41) is 8.97. The molecule has 1 aromatic carbocycles. The summed E-state index contributed by atoms with van der Waals surface area (Å²) >= 11 is 3.04. The Bertz CT molecular complexity index is 677. The second-order valence-corrected chi connectivity index (χ2v) is 7.67. The fourth-order valence-corrected chi connectivity index (χ4v) is 5.06. The van der Waals surface area contributed by atoms with Gasteiger partial charge in [0.15, 0.2) is 5.82 Å². The molecular weight excluding hydrogens is 365 g/mol. The smallest absolute Gasteiger partial charge is 0.338 e. The highest BCUT2D eigenvalue weighted by Crippen LogP contribution is 2.31. The summed E-state index contributed by atoms with van der Waals surface area (Å²) < 4.78 is 41.0. The van der Waals surface area contributed by atoms with Gasteiger partial charge in [0, 0.05) is 17.1 Å². The zero-order chi connectivity index (χ0) is 15.8. The zero-order valence-electron chi connectivity index (χ0n) is 11.3. The quantitative estimate of drug-likeness (QED) is 0.872. The fourth-order valence-electron chi connectivity index (χ4n) is 2.57. The number of hydrogen-bond donors (Lipinski definition) is 1. The van der Waals surface area contributed by atoms with Crippen molar-refractivity contribution in [3.63, 3.8) is 0 Å². The normalized spacial score (nSPS) is 19.9. The molecule has 1 aromatic rings. The number of benzene rings is 1. The van der Waals surface area contributed by atoms with E-state index in [1.165, 1.54) is 4.31 Å². The van der Waals surface area contributed by atoms with Crippen LogP contribution in [0.1, 0.15) is 36.5 Å². The van der Waals surface area contributed by atoms with Gasteiger partial charge >= 0.3 is 5.97 Å². The van der Waals surface area contributed by atoms with Crippen molar-refractivity contribution in [2.75, 3.05) is 6.54 Å². The summed E-state index contributed by atoms with van der Waals surface area (Å²) in [7, 11) is -4.04. The predicted molar refractivity (Wildman–Crippen MR) is 78.3 cm³/mol. The number of aromatic carboxylic acids is 1. The Kier molecular flexibility index (Phi) is 4.69. The number of carboxylic acid groups (broad SMARTS) is 1. The molecule has 0 bridgehead atoms. The average Bonchev–Trinajstić information content (AvgIpc) is 2.89. The van der Waals surface area contributed by atoms with Gasteiger partial charge in [-0.15, -0.1) is 0 Å². The largest absolute Gasteiger partial charge is 0.478 e. The van der Waals surface area contributed by atoms with Crippen LogP contribution >= 0.6 is 15.9 Å². The second kappa shape index (κ2) is 6.02. The van der Waals surface area contributed by atoms with E-state index >= 15 is 0 Å². The van der Waals surface area contributed by atoms with Gasteiger partial charge in [0.25, 0.3) is 0 Å². The summed E-state index contributed by atoms with van der Waals surface area (Å²) in [6.45, 7) is 2.20. The van der Waals surface area contributed by atoms with Crippen molar-refractivity contribution >= 4 is 31.9 Å². The molecule has 1 saturated heterocycles. The predicted octanol–water partition coefficient (Wildman–Crippen LogP) is 2.85. The van der Waals surface area contributed by atoms with E-state index in [4.69, 9.17) is 5.11 Å². The van der Waals surface area contributed by atoms with Gasteiger partial charge in [0.1, 0.15) is 4.90 Å². The van der Waals surface area contributed by atoms with E-state index < -0.39 is 32.3 Å². The van der Waals surface area contributed by atoms with E-state index in [0.29, 0.717) is 13.0 Å². The Morgan fingerprint density at radius 2 is 2.19 bits per heavy atom. The maximum atomic E-state index is 14.3. The van der Waals surface area contributed by atoms with Crippen LogP contribution in [0.5, 0.6) is 0 Å². The fraction of sp³-hybridized carbons (Fsp3) is 0.462. The van der Waals surface area contributed by atoms with Crippen molar-refractivity contribution in [3.05, 3.63) is 28.0 Å². The topological polar surface area (TPSA) is 74.7 Å². The lowest BCUT2D eigenvalue weighted by atomic mass is 10.2. The first-order valence-corrected chi connectivity index (χ1v) is 8.76. The van der Waals surface area contributed by atoms with Crippen LogP contribution in [0.2, 0.25) is 0 Å². The van der Waals surface area contributed by atoms with E-state index in [1.54, 1.807) is 0 Å². The molecule has 1 N–H and O–H groups in total. The van der Waals surface area contributed by atoms with Crippen molar-refractivity contribution in [1.82, 2.24) is 4.31 Å². The molecule has 116 valence electrons. The summed E-state index contributed by atoms with van der Waals surface area (Å²) in [5.41, 5.74) is -0.657. The van der Waals surface area contributed by atoms with E-state index in [9.17, 15) is 17.6 Å². The highest BCUT2D eigenvalue weighted by molar-refractivity contribution is 9.10. The maximum Gasteiger partial charge on any atom is 0.338 e. The standard InChI is InChI=1S/C13H15BrFNO4S/c1-2-9-4-3-5-16(9)21(19,20)11-7-8(14)6-10(12(11)15)13(17)18/h6-7,9H,2-5H2,1H3,(H,17,18). The molecule has 1 unspecified atom stereocenters. The molecule has 0 radical (unpaired) electrons. The summed E-state index contributed by atoms with van der Waals surface area (Å²) in [6, 6.07) is 2.00. The first kappa shape index (κ1) is 16.4. The van der Waals surface area contributed by atoms with Crippen molar-refractivity contribution in [2.45, 2.75) is 37.1 Å². The molecule has 1 aliphatic heterocycles. The molecule has 1 fully saturated rings. The lowest BCUT2D eigenvalue weighted by molar-refractivity contribution is 0.0691. The molecule has 2 rings (SSSR count). The maximum absolute atomic E-state index is 14.3. The molecule has 1 aliphatic rings. The molecule has 1 heterocycles. The lowest BCUT2D eigenvalue weighted by Gasteiger charge is -2.23. The minimum atomic E-state index is -4.04. The third kappa shape index (κ3) is 2.97. The highest BCUT2D eigenvalue weighted by atomic mass is 79.9. The van der Waals surface area contributed by atoms with E-state index in [2.05, 4.69) is 15.9 Å². The van der Waals surface area contributed by atoms with Gasteiger partial charge in [0.05, 0.1) is 5.56 Å². The van der Waals surface area contributed by atoms with Crippen LogP contribution in [-0.4, -0.2) is 36.4 Å². The SMILES string of the molecule is CCC1CCCN1S(=O)(=O)c1cc(Br)cc(C(=O)O)c1F. The van der Waals surface area contributed by atoms with Gasteiger partial charge in [0.2, 0.25) is 10.0 Å². The van der Waals surface area contributed by atoms with Crippen molar-refractivity contribution in [1.29, 1.82) is 0 Å². The number of halogens is 2. The van der Waals surface area contributed by atoms with Crippen LogP contribution in [0.4, 0.5) is 4.39 Å². The average molecular weight is 380 g/mol. The van der Waals surface area contributed by atoms with E-state index in [0.717, 1.165) is 25.0 Å². The molecule has 1 atom stereocenters. The van der Waals surface area contributed by atoms with Crippen LogP contribution < -0.4 is 0 Å². The van der Waals surface area contributed by atoms with Crippen molar-refractivity contribution in [3.8, 4) is 0 Å². The molecule has 0 saturated carbocycles. The highest BCUT2D eigenvalue weighted by Gasteiger charge is 2.37. The van der Waals surface area contributed by atoms with Crippen LogP contribution in [0.25, 0.3) is 0 Å². The molecule has 21 heavy (non-hydrogen) atoms. The van der Waals surface area contributed by atoms with Crippen LogP contribution in [0, 0.1) is 5.82 Å². The molecule has 8 heteroatoms. The molecule has 0 aliphatic carbocycles. The Morgan fingerprint density at radius 1 is 1.52 bits per heavy atom. The summed E-state index contributed by atoms with van der Waals surface area (Å²) in [5.74, 6) is -2.72. The zero-order valence-corrected chi connectivity index (χ0v) is 13.7.